The van der Waals surface area contributed by atoms with Crippen molar-refractivity contribution in [3.05, 3.63) is 65.2 Å². The van der Waals surface area contributed by atoms with Gasteiger partial charge in [0.2, 0.25) is 10.0 Å². The Kier molecular flexibility index (Phi) is 5.94. The highest BCUT2D eigenvalue weighted by molar-refractivity contribution is 7.89. The van der Waals surface area contributed by atoms with Gasteiger partial charge in [-0.05, 0) is 36.8 Å². The van der Waals surface area contributed by atoms with Gasteiger partial charge < -0.3 is 4.74 Å². The molecule has 0 heterocycles. The van der Waals surface area contributed by atoms with Crippen LogP contribution in [0.3, 0.4) is 0 Å². The largest absolute Gasteiger partial charge is 0.479 e. The number of sulfonamides is 1. The maximum absolute atomic E-state index is 12.1. The van der Waals surface area contributed by atoms with Crippen LogP contribution in [0.25, 0.3) is 0 Å². The zero-order chi connectivity index (χ0) is 19.2. The molecule has 2 aromatic carbocycles. The molecule has 0 saturated heterocycles. The molecule has 1 atom stereocenters. The Hall–Kier alpha value is -3.36. The molecule has 1 N–H and O–H groups in total. The van der Waals surface area contributed by atoms with Gasteiger partial charge in [-0.2, -0.15) is 10.5 Å². The van der Waals surface area contributed by atoms with Crippen LogP contribution >= 0.6 is 0 Å². The minimum atomic E-state index is -3.93. The lowest BCUT2D eigenvalue weighted by Gasteiger charge is -2.15. The number of amides is 1. The smallest absolute Gasteiger partial charge is 0.274 e. The summed E-state index contributed by atoms with van der Waals surface area (Å²) in [7, 11) is -3.93. The number of carbonyl (C=O) groups excluding carboxylic acids is 1. The molecule has 2 aromatic rings. The Balaban J connectivity index is 2.02. The van der Waals surface area contributed by atoms with Crippen molar-refractivity contribution in [2.75, 3.05) is 0 Å². The summed E-state index contributed by atoms with van der Waals surface area (Å²) in [6.07, 6.45) is -1.11. The first-order chi connectivity index (χ1) is 12.3. The summed E-state index contributed by atoms with van der Waals surface area (Å²) in [4.78, 5) is 12.1. The van der Waals surface area contributed by atoms with E-state index in [1.165, 1.54) is 43.3 Å². The first-order valence-electron chi connectivity index (χ1n) is 7.54. The maximum Gasteiger partial charge on any atom is 0.274 e. The Labute approximate surface area is 151 Å². The predicted molar refractivity (Wildman–Crippen MR) is 93.2 cm³/mol. The van der Waals surface area contributed by atoms with Crippen molar-refractivity contribution in [1.29, 1.82) is 10.5 Å². The molecule has 8 heteroatoms. The molecule has 2 rings (SSSR count). The second kappa shape index (κ2) is 8.15. The Bertz CT molecular complexity index is 986. The number of hydrogen-bond acceptors (Lipinski definition) is 6. The molecule has 0 saturated carbocycles. The third-order valence-electron chi connectivity index (χ3n) is 3.38. The molecule has 0 aliphatic rings. The van der Waals surface area contributed by atoms with Crippen LogP contribution in [0.4, 0.5) is 0 Å². The molecule has 0 spiro atoms. The lowest BCUT2D eigenvalue weighted by atomic mass is 10.2. The second-order valence-electron chi connectivity index (χ2n) is 5.40. The summed E-state index contributed by atoms with van der Waals surface area (Å²) in [6.45, 7) is 1.39. The van der Waals surface area contributed by atoms with Crippen molar-refractivity contribution in [3.8, 4) is 17.9 Å². The van der Waals surface area contributed by atoms with E-state index >= 15 is 0 Å². The molecule has 0 aliphatic carbocycles. The highest BCUT2D eigenvalue weighted by Crippen LogP contribution is 2.18. The van der Waals surface area contributed by atoms with Gasteiger partial charge in [-0.3, -0.25) is 4.79 Å². The number of hydrogen-bond donors (Lipinski definition) is 1. The third kappa shape index (κ3) is 5.07. The molecular weight excluding hydrogens is 354 g/mol. The van der Waals surface area contributed by atoms with E-state index in [2.05, 4.69) is 0 Å². The van der Waals surface area contributed by atoms with Crippen molar-refractivity contribution in [2.45, 2.75) is 18.8 Å². The molecule has 0 aliphatic heterocycles. The summed E-state index contributed by atoms with van der Waals surface area (Å²) < 4.78 is 31.6. The lowest BCUT2D eigenvalue weighted by Crippen LogP contribution is -2.40. The second-order valence-corrected chi connectivity index (χ2v) is 7.12. The van der Waals surface area contributed by atoms with Crippen LogP contribution in [-0.2, 0) is 20.6 Å². The molecule has 132 valence electrons. The van der Waals surface area contributed by atoms with Gasteiger partial charge in [-0.25, -0.2) is 13.1 Å². The molecule has 7 nitrogen and oxygen atoms in total. The van der Waals surface area contributed by atoms with Crippen LogP contribution in [0, 0.1) is 22.7 Å². The van der Waals surface area contributed by atoms with Gasteiger partial charge in [0.15, 0.2) is 6.10 Å². The van der Waals surface area contributed by atoms with Gasteiger partial charge in [0.1, 0.15) is 11.8 Å². The van der Waals surface area contributed by atoms with Gasteiger partial charge in [0.25, 0.3) is 5.91 Å². The van der Waals surface area contributed by atoms with Crippen molar-refractivity contribution in [2.24, 2.45) is 0 Å². The van der Waals surface area contributed by atoms with E-state index < -0.39 is 27.8 Å². The van der Waals surface area contributed by atoms with Gasteiger partial charge in [0, 0.05) is 0 Å². The highest BCUT2D eigenvalue weighted by Gasteiger charge is 2.22. The molecule has 1 amide bonds. The molecule has 0 fully saturated rings. The molecule has 0 bridgehead atoms. The van der Waals surface area contributed by atoms with E-state index in [4.69, 9.17) is 15.3 Å². The minimum Gasteiger partial charge on any atom is -0.479 e. The molecule has 26 heavy (non-hydrogen) atoms. The van der Waals surface area contributed by atoms with E-state index in [0.29, 0.717) is 11.1 Å². The fraction of sp³-hybridized carbons (Fsp3) is 0.167. The van der Waals surface area contributed by atoms with Crippen LogP contribution in [0.5, 0.6) is 5.75 Å². The van der Waals surface area contributed by atoms with E-state index in [9.17, 15) is 13.2 Å². The van der Waals surface area contributed by atoms with E-state index in [1.54, 1.807) is 12.1 Å². The fourth-order valence-electron chi connectivity index (χ4n) is 2.07. The Morgan fingerprint density at radius 2 is 1.77 bits per heavy atom. The predicted octanol–water partition coefficient (Wildman–Crippen LogP) is 1.84. The zero-order valence-corrected chi connectivity index (χ0v) is 14.7. The summed E-state index contributed by atoms with van der Waals surface area (Å²) in [5.41, 5.74) is 1.09. The average molecular weight is 369 g/mol. The normalized spacial score (nSPS) is 11.7. The van der Waals surface area contributed by atoms with Gasteiger partial charge in [0.05, 0.1) is 22.9 Å². The van der Waals surface area contributed by atoms with Crippen LogP contribution in [0.1, 0.15) is 23.6 Å². The molecule has 0 unspecified atom stereocenters. The molecule has 0 radical (unpaired) electrons. The summed E-state index contributed by atoms with van der Waals surface area (Å²) in [5, 5.41) is 17.8. The number of para-hydroxylation sites is 1. The monoisotopic (exact) mass is 369 g/mol. The van der Waals surface area contributed by atoms with Gasteiger partial charge in [-0.15, -0.1) is 0 Å². The number of carbonyl (C=O) groups is 1. The van der Waals surface area contributed by atoms with E-state index in [1.807, 2.05) is 16.9 Å². The quantitative estimate of drug-likeness (QED) is 0.829. The number of rotatable bonds is 6. The van der Waals surface area contributed by atoms with Crippen molar-refractivity contribution < 1.29 is 17.9 Å². The molecule has 0 aromatic heterocycles. The zero-order valence-electron chi connectivity index (χ0n) is 13.8. The van der Waals surface area contributed by atoms with Crippen molar-refractivity contribution >= 4 is 15.9 Å². The van der Waals surface area contributed by atoms with Crippen molar-refractivity contribution in [3.63, 3.8) is 0 Å². The standard InChI is InChI=1S/C18H15N3O4S/c1-13(25-17-5-3-2-4-16(17)11-20)18(22)21-26(23,24)12-15-8-6-14(10-19)7-9-15/h2-9,13H,12H2,1H3,(H,21,22)/t13-/m0/s1. The van der Waals surface area contributed by atoms with Crippen molar-refractivity contribution in [1.82, 2.24) is 4.72 Å². The van der Waals surface area contributed by atoms with Gasteiger partial charge >= 0.3 is 0 Å². The number of ether oxygens (including phenoxy) is 1. The highest BCUT2D eigenvalue weighted by atomic mass is 32.2. The molecular formula is C18H15N3O4S. The first-order valence-corrected chi connectivity index (χ1v) is 9.19. The number of nitrogens with zero attached hydrogens (tertiary/aromatic N) is 2. The summed E-state index contributed by atoms with van der Waals surface area (Å²) in [5.74, 6) is -1.06. The van der Waals surface area contributed by atoms with Crippen LogP contribution in [0.15, 0.2) is 48.5 Å². The van der Waals surface area contributed by atoms with Crippen LogP contribution in [0.2, 0.25) is 0 Å². The maximum atomic E-state index is 12.1. The topological polar surface area (TPSA) is 120 Å². The van der Waals surface area contributed by atoms with Gasteiger partial charge in [-0.1, -0.05) is 24.3 Å². The van der Waals surface area contributed by atoms with Crippen LogP contribution < -0.4 is 9.46 Å². The van der Waals surface area contributed by atoms with E-state index in [0.717, 1.165) is 0 Å². The van der Waals surface area contributed by atoms with Crippen LogP contribution in [-0.4, -0.2) is 20.4 Å². The number of benzene rings is 2. The summed E-state index contributed by atoms with van der Waals surface area (Å²) >= 11 is 0. The number of nitrogens with one attached hydrogen (secondary N) is 1. The average Bonchev–Trinajstić information content (AvgIpc) is 2.62. The Morgan fingerprint density at radius 3 is 2.38 bits per heavy atom. The van der Waals surface area contributed by atoms with E-state index in [-0.39, 0.29) is 11.3 Å². The third-order valence-corrected chi connectivity index (χ3v) is 4.60. The minimum absolute atomic E-state index is 0.196. The SMILES string of the molecule is C[C@H](Oc1ccccc1C#N)C(=O)NS(=O)(=O)Cc1ccc(C#N)cc1. The lowest BCUT2D eigenvalue weighted by molar-refractivity contribution is -0.125. The Morgan fingerprint density at radius 1 is 1.12 bits per heavy atom. The fourth-order valence-corrected chi connectivity index (χ4v) is 3.25. The number of nitriles is 2. The first kappa shape index (κ1) is 19.0. The summed E-state index contributed by atoms with van der Waals surface area (Å²) in [6, 6.07) is 16.2.